The Hall–Kier alpha value is -3.29. The number of ether oxygens (including phenoxy) is 2. The van der Waals surface area contributed by atoms with E-state index in [0.717, 1.165) is 31.3 Å². The fraction of sp³-hybridized carbons (Fsp3) is 0.120. The number of thioether (sulfide) groups is 1. The summed E-state index contributed by atoms with van der Waals surface area (Å²) in [6.07, 6.45) is 1.94. The molecule has 32 heavy (non-hydrogen) atoms. The molecule has 162 valence electrons. The summed E-state index contributed by atoms with van der Waals surface area (Å²) in [5.41, 5.74) is 2.85. The highest BCUT2D eigenvalue weighted by molar-refractivity contribution is 8.09. The molecule has 4 rings (SSSR count). The van der Waals surface area contributed by atoms with Gasteiger partial charge in [0.25, 0.3) is 0 Å². The van der Waals surface area contributed by atoms with Crippen LogP contribution in [0.25, 0.3) is 21.2 Å². The molecule has 0 saturated heterocycles. The smallest absolute Gasteiger partial charge is 0.313 e. The first kappa shape index (κ1) is 21.9. The number of carbonyl (C=O) groups is 1. The van der Waals surface area contributed by atoms with Crippen LogP contribution in [0.15, 0.2) is 72.8 Å². The molecule has 0 amide bonds. The van der Waals surface area contributed by atoms with E-state index in [4.69, 9.17) is 14.5 Å². The number of fused-ring (bicyclic) bond motifs is 1. The van der Waals surface area contributed by atoms with Crippen LogP contribution in [0.2, 0.25) is 0 Å². The van der Waals surface area contributed by atoms with Crippen LogP contribution in [0.3, 0.4) is 0 Å². The predicted octanol–water partition coefficient (Wildman–Crippen LogP) is 6.20. The molecular weight excluding hydrogens is 442 g/mol. The monoisotopic (exact) mass is 463 g/mol. The number of nitrogens with zero attached hydrogens (tertiary/aromatic N) is 1. The molecule has 0 spiro atoms. The standard InChI is InChI=1S/C25H21NO4S2/c1-29-21-13-18(11-12-20(21)30-15-17-7-3-2-4-8-17)14-23(31-16-24(27)28)25-26-19-9-5-6-10-22(19)32-25/h2-14H,15-16H2,1H3,(H,27,28)/b23-14-. The van der Waals surface area contributed by atoms with E-state index in [0.29, 0.717) is 18.1 Å². The zero-order valence-corrected chi connectivity index (χ0v) is 19.0. The first-order valence-electron chi connectivity index (χ1n) is 9.89. The molecular formula is C25H21NO4S2. The predicted molar refractivity (Wildman–Crippen MR) is 131 cm³/mol. The SMILES string of the molecule is COc1cc(/C=C(\SCC(=O)O)c2nc3ccccc3s2)ccc1OCc1ccccc1. The normalized spacial score (nSPS) is 11.5. The van der Waals surface area contributed by atoms with E-state index in [1.54, 1.807) is 18.4 Å². The van der Waals surface area contributed by atoms with Gasteiger partial charge in [-0.2, -0.15) is 0 Å². The molecule has 0 saturated carbocycles. The minimum Gasteiger partial charge on any atom is -0.493 e. The number of hydrogen-bond donors (Lipinski definition) is 1. The van der Waals surface area contributed by atoms with Crippen LogP contribution >= 0.6 is 23.1 Å². The van der Waals surface area contributed by atoms with Crippen LogP contribution in [0.5, 0.6) is 11.5 Å². The van der Waals surface area contributed by atoms with Gasteiger partial charge in [-0.15, -0.1) is 23.1 Å². The summed E-state index contributed by atoms with van der Waals surface area (Å²) in [5, 5.41) is 9.98. The Bertz CT molecular complexity index is 1220. The third-order valence-corrected chi connectivity index (χ3v) is 6.79. The van der Waals surface area contributed by atoms with E-state index >= 15 is 0 Å². The summed E-state index contributed by atoms with van der Waals surface area (Å²) in [6, 6.07) is 23.5. The Morgan fingerprint density at radius 1 is 1.06 bits per heavy atom. The van der Waals surface area contributed by atoms with Crippen LogP contribution in [-0.2, 0) is 11.4 Å². The third-order valence-electron chi connectivity index (χ3n) is 4.58. The molecule has 0 aliphatic rings. The molecule has 3 aromatic carbocycles. The number of thiazole rings is 1. The number of rotatable bonds is 9. The van der Waals surface area contributed by atoms with Gasteiger partial charge in [0.2, 0.25) is 0 Å². The molecule has 1 N–H and O–H groups in total. The Morgan fingerprint density at radius 2 is 1.84 bits per heavy atom. The lowest BCUT2D eigenvalue weighted by molar-refractivity contribution is -0.133. The largest absolute Gasteiger partial charge is 0.493 e. The molecule has 0 aliphatic carbocycles. The lowest BCUT2D eigenvalue weighted by Crippen LogP contribution is -1.98. The van der Waals surface area contributed by atoms with E-state index in [2.05, 4.69) is 0 Å². The second-order valence-corrected chi connectivity index (χ2v) is 8.91. The topological polar surface area (TPSA) is 68.7 Å². The third kappa shape index (κ3) is 5.49. The van der Waals surface area contributed by atoms with Gasteiger partial charge in [-0.3, -0.25) is 4.79 Å². The van der Waals surface area contributed by atoms with Crippen molar-refractivity contribution in [1.82, 2.24) is 4.98 Å². The highest BCUT2D eigenvalue weighted by Crippen LogP contribution is 2.37. The van der Waals surface area contributed by atoms with Crippen molar-refractivity contribution in [1.29, 1.82) is 0 Å². The van der Waals surface area contributed by atoms with Gasteiger partial charge >= 0.3 is 5.97 Å². The molecule has 0 radical (unpaired) electrons. The van der Waals surface area contributed by atoms with Gasteiger partial charge in [0.1, 0.15) is 11.6 Å². The van der Waals surface area contributed by atoms with E-state index in [9.17, 15) is 9.90 Å². The highest BCUT2D eigenvalue weighted by atomic mass is 32.2. The highest BCUT2D eigenvalue weighted by Gasteiger charge is 2.13. The summed E-state index contributed by atoms with van der Waals surface area (Å²) in [7, 11) is 1.60. The number of hydrogen-bond acceptors (Lipinski definition) is 6. The first-order chi connectivity index (χ1) is 15.6. The van der Waals surface area contributed by atoms with Crippen LogP contribution < -0.4 is 9.47 Å². The molecule has 0 fully saturated rings. The Balaban J connectivity index is 1.62. The molecule has 0 bridgehead atoms. The molecule has 4 aromatic rings. The number of aliphatic carboxylic acids is 1. The van der Waals surface area contributed by atoms with Crippen molar-refractivity contribution in [3.05, 3.63) is 88.9 Å². The van der Waals surface area contributed by atoms with Crippen molar-refractivity contribution in [3.63, 3.8) is 0 Å². The molecule has 0 unspecified atom stereocenters. The zero-order chi connectivity index (χ0) is 22.3. The minimum absolute atomic E-state index is 0.0445. The quantitative estimate of drug-likeness (QED) is 0.319. The fourth-order valence-corrected chi connectivity index (χ4v) is 4.91. The van der Waals surface area contributed by atoms with Crippen molar-refractivity contribution < 1.29 is 19.4 Å². The number of para-hydroxylation sites is 1. The van der Waals surface area contributed by atoms with Crippen molar-refractivity contribution in [3.8, 4) is 11.5 Å². The molecule has 1 heterocycles. The van der Waals surface area contributed by atoms with Crippen molar-refractivity contribution in [2.75, 3.05) is 12.9 Å². The van der Waals surface area contributed by atoms with Gasteiger partial charge in [-0.05, 0) is 41.5 Å². The van der Waals surface area contributed by atoms with E-state index in [1.165, 1.54) is 11.8 Å². The Kier molecular flexibility index (Phi) is 7.09. The maximum Gasteiger partial charge on any atom is 0.313 e. The summed E-state index contributed by atoms with van der Waals surface area (Å²) in [4.78, 5) is 16.7. The van der Waals surface area contributed by atoms with Crippen LogP contribution in [0.4, 0.5) is 0 Å². The first-order valence-corrected chi connectivity index (χ1v) is 11.7. The molecule has 0 atom stereocenters. The summed E-state index contributed by atoms with van der Waals surface area (Å²) >= 11 is 2.80. The lowest BCUT2D eigenvalue weighted by atomic mass is 10.2. The zero-order valence-electron chi connectivity index (χ0n) is 17.4. The van der Waals surface area contributed by atoms with Crippen molar-refractivity contribution in [2.24, 2.45) is 0 Å². The maximum absolute atomic E-state index is 11.2. The number of aromatic nitrogens is 1. The number of carboxylic acid groups (broad SMARTS) is 1. The van der Waals surface area contributed by atoms with Gasteiger partial charge in [-0.1, -0.05) is 48.5 Å². The summed E-state index contributed by atoms with van der Waals surface area (Å²) in [5.74, 6) is 0.344. The van der Waals surface area contributed by atoms with E-state index < -0.39 is 5.97 Å². The maximum atomic E-state index is 11.2. The number of carboxylic acids is 1. The van der Waals surface area contributed by atoms with Crippen LogP contribution in [0.1, 0.15) is 16.1 Å². The average molecular weight is 464 g/mol. The van der Waals surface area contributed by atoms with E-state index in [1.807, 2.05) is 78.9 Å². The lowest BCUT2D eigenvalue weighted by Gasteiger charge is -2.12. The van der Waals surface area contributed by atoms with Crippen LogP contribution in [-0.4, -0.2) is 28.9 Å². The van der Waals surface area contributed by atoms with Gasteiger partial charge in [-0.25, -0.2) is 4.98 Å². The summed E-state index contributed by atoms with van der Waals surface area (Å²) < 4.78 is 12.5. The molecule has 0 aliphatic heterocycles. The Labute approximate surface area is 194 Å². The molecule has 7 heteroatoms. The number of methoxy groups -OCH3 is 1. The van der Waals surface area contributed by atoms with Gasteiger partial charge in [0.15, 0.2) is 11.5 Å². The summed E-state index contributed by atoms with van der Waals surface area (Å²) in [6.45, 7) is 0.442. The van der Waals surface area contributed by atoms with Crippen molar-refractivity contribution in [2.45, 2.75) is 6.61 Å². The van der Waals surface area contributed by atoms with Gasteiger partial charge < -0.3 is 14.6 Å². The van der Waals surface area contributed by atoms with Crippen molar-refractivity contribution >= 4 is 50.3 Å². The number of benzene rings is 3. The second-order valence-electron chi connectivity index (χ2n) is 6.86. The van der Waals surface area contributed by atoms with Gasteiger partial charge in [0.05, 0.1) is 23.1 Å². The fourth-order valence-electron chi connectivity index (χ4n) is 3.06. The average Bonchev–Trinajstić information content (AvgIpc) is 3.25. The van der Waals surface area contributed by atoms with Crippen LogP contribution in [0, 0.1) is 0 Å². The Morgan fingerprint density at radius 3 is 2.59 bits per heavy atom. The molecule has 5 nitrogen and oxygen atoms in total. The van der Waals surface area contributed by atoms with E-state index in [-0.39, 0.29) is 5.75 Å². The minimum atomic E-state index is -0.871. The van der Waals surface area contributed by atoms with Gasteiger partial charge in [0, 0.05) is 4.91 Å². The second kappa shape index (κ2) is 10.3. The molecule has 1 aromatic heterocycles.